The Kier molecular flexibility index (Phi) is 2.87. The van der Waals surface area contributed by atoms with Crippen molar-refractivity contribution in [1.29, 1.82) is 0 Å². The van der Waals surface area contributed by atoms with Gasteiger partial charge in [0.15, 0.2) is 0 Å². The zero-order valence-corrected chi connectivity index (χ0v) is 8.70. The van der Waals surface area contributed by atoms with Crippen LogP contribution in [0.25, 0.3) is 0 Å². The second-order valence-corrected chi connectivity index (χ2v) is 4.27. The van der Waals surface area contributed by atoms with Crippen molar-refractivity contribution >= 4 is 5.91 Å². The van der Waals surface area contributed by atoms with Crippen molar-refractivity contribution in [3.05, 3.63) is 12.2 Å². The number of hydrogen-bond acceptors (Lipinski definition) is 2. The molecule has 2 aliphatic heterocycles. The number of carbonyl (C=O) groups is 1. The van der Waals surface area contributed by atoms with Gasteiger partial charge in [0, 0.05) is 13.1 Å². The van der Waals surface area contributed by atoms with Gasteiger partial charge < -0.3 is 10.2 Å². The van der Waals surface area contributed by atoms with Gasteiger partial charge in [-0.25, -0.2) is 0 Å². The molecular weight excluding hydrogens is 176 g/mol. The lowest BCUT2D eigenvalue weighted by molar-refractivity contribution is -0.133. The molecular formula is C11H18N2O. The zero-order valence-electron chi connectivity index (χ0n) is 8.70. The van der Waals surface area contributed by atoms with Gasteiger partial charge in [-0.2, -0.15) is 0 Å². The SMILES string of the molecule is CC1CCCNC1C(=O)N1CC=CC1. The van der Waals surface area contributed by atoms with Gasteiger partial charge in [0.05, 0.1) is 6.04 Å². The minimum atomic E-state index is 0.0589. The van der Waals surface area contributed by atoms with E-state index in [0.717, 1.165) is 19.6 Å². The molecule has 3 heteroatoms. The lowest BCUT2D eigenvalue weighted by Gasteiger charge is -2.32. The molecule has 1 amide bonds. The number of piperidine rings is 1. The number of nitrogens with zero attached hydrogens (tertiary/aromatic N) is 1. The van der Waals surface area contributed by atoms with Crippen LogP contribution >= 0.6 is 0 Å². The van der Waals surface area contributed by atoms with E-state index in [1.807, 2.05) is 4.90 Å². The first kappa shape index (κ1) is 9.71. The van der Waals surface area contributed by atoms with Crippen LogP contribution in [0.15, 0.2) is 12.2 Å². The van der Waals surface area contributed by atoms with Gasteiger partial charge in [0.25, 0.3) is 0 Å². The van der Waals surface area contributed by atoms with Crippen LogP contribution in [-0.2, 0) is 4.79 Å². The molecule has 0 aromatic carbocycles. The van der Waals surface area contributed by atoms with Crippen LogP contribution in [0.4, 0.5) is 0 Å². The summed E-state index contributed by atoms with van der Waals surface area (Å²) in [6, 6.07) is 0.0589. The highest BCUT2D eigenvalue weighted by atomic mass is 16.2. The molecule has 0 aromatic heterocycles. The van der Waals surface area contributed by atoms with E-state index < -0.39 is 0 Å². The molecule has 1 saturated heterocycles. The Morgan fingerprint density at radius 3 is 2.79 bits per heavy atom. The molecule has 0 spiro atoms. The number of rotatable bonds is 1. The normalized spacial score (nSPS) is 32.2. The second-order valence-electron chi connectivity index (χ2n) is 4.27. The van der Waals surface area contributed by atoms with E-state index in [-0.39, 0.29) is 11.9 Å². The van der Waals surface area contributed by atoms with Crippen LogP contribution in [0, 0.1) is 5.92 Å². The van der Waals surface area contributed by atoms with E-state index in [2.05, 4.69) is 24.4 Å². The predicted molar refractivity (Wildman–Crippen MR) is 55.9 cm³/mol. The number of carbonyl (C=O) groups excluding carboxylic acids is 1. The molecule has 78 valence electrons. The van der Waals surface area contributed by atoms with Crippen LogP contribution < -0.4 is 5.32 Å². The summed E-state index contributed by atoms with van der Waals surface area (Å²) >= 11 is 0. The first-order valence-electron chi connectivity index (χ1n) is 5.46. The topological polar surface area (TPSA) is 32.3 Å². The number of hydrogen-bond donors (Lipinski definition) is 1. The third-order valence-electron chi connectivity index (χ3n) is 3.17. The summed E-state index contributed by atoms with van der Waals surface area (Å²) in [5.41, 5.74) is 0. The van der Waals surface area contributed by atoms with E-state index in [0.29, 0.717) is 5.92 Å². The highest BCUT2D eigenvalue weighted by molar-refractivity contribution is 5.83. The molecule has 0 saturated carbocycles. The summed E-state index contributed by atoms with van der Waals surface area (Å²) in [7, 11) is 0. The standard InChI is InChI=1S/C11H18N2O/c1-9-5-4-6-12-10(9)11(14)13-7-2-3-8-13/h2-3,9-10,12H,4-8H2,1H3. The maximum atomic E-state index is 12.0. The van der Waals surface area contributed by atoms with Crippen molar-refractivity contribution < 1.29 is 4.79 Å². The molecule has 0 bridgehead atoms. The monoisotopic (exact) mass is 194 g/mol. The molecule has 2 aliphatic rings. The van der Waals surface area contributed by atoms with Crippen molar-refractivity contribution in [2.75, 3.05) is 19.6 Å². The molecule has 1 N–H and O–H groups in total. The first-order chi connectivity index (χ1) is 6.79. The zero-order chi connectivity index (χ0) is 9.97. The van der Waals surface area contributed by atoms with Gasteiger partial charge in [-0.1, -0.05) is 19.1 Å². The molecule has 0 aliphatic carbocycles. The molecule has 14 heavy (non-hydrogen) atoms. The molecule has 2 heterocycles. The van der Waals surface area contributed by atoms with Gasteiger partial charge in [-0.3, -0.25) is 4.79 Å². The van der Waals surface area contributed by atoms with Crippen molar-refractivity contribution in [3.8, 4) is 0 Å². The molecule has 2 unspecified atom stereocenters. The van der Waals surface area contributed by atoms with Crippen molar-refractivity contribution in [3.63, 3.8) is 0 Å². The minimum absolute atomic E-state index is 0.0589. The Balaban J connectivity index is 1.95. The maximum Gasteiger partial charge on any atom is 0.240 e. The number of nitrogens with one attached hydrogen (secondary N) is 1. The highest BCUT2D eigenvalue weighted by Gasteiger charge is 2.30. The Morgan fingerprint density at radius 1 is 1.43 bits per heavy atom. The van der Waals surface area contributed by atoms with E-state index in [4.69, 9.17) is 0 Å². The fourth-order valence-corrected chi connectivity index (χ4v) is 2.23. The van der Waals surface area contributed by atoms with Gasteiger partial charge in [0.2, 0.25) is 5.91 Å². The fraction of sp³-hybridized carbons (Fsp3) is 0.727. The smallest absolute Gasteiger partial charge is 0.240 e. The Morgan fingerprint density at radius 2 is 2.14 bits per heavy atom. The summed E-state index contributed by atoms with van der Waals surface area (Å²) in [4.78, 5) is 14.0. The Bertz CT molecular complexity index is 242. The van der Waals surface area contributed by atoms with Crippen molar-refractivity contribution in [2.45, 2.75) is 25.8 Å². The molecule has 1 fully saturated rings. The van der Waals surface area contributed by atoms with Gasteiger partial charge in [-0.15, -0.1) is 0 Å². The average Bonchev–Trinajstić information content (AvgIpc) is 2.70. The molecule has 0 aromatic rings. The van der Waals surface area contributed by atoms with Crippen LogP contribution in [0.1, 0.15) is 19.8 Å². The molecule has 2 atom stereocenters. The van der Waals surface area contributed by atoms with E-state index >= 15 is 0 Å². The fourth-order valence-electron chi connectivity index (χ4n) is 2.23. The lowest BCUT2D eigenvalue weighted by Crippen LogP contribution is -2.51. The highest BCUT2D eigenvalue weighted by Crippen LogP contribution is 2.18. The average molecular weight is 194 g/mol. The third kappa shape index (κ3) is 1.82. The van der Waals surface area contributed by atoms with Crippen LogP contribution in [-0.4, -0.2) is 36.5 Å². The second kappa shape index (κ2) is 4.13. The third-order valence-corrected chi connectivity index (χ3v) is 3.17. The van der Waals surface area contributed by atoms with Gasteiger partial charge in [-0.05, 0) is 25.3 Å². The molecule has 0 radical (unpaired) electrons. The molecule has 2 rings (SSSR count). The van der Waals surface area contributed by atoms with Crippen molar-refractivity contribution in [1.82, 2.24) is 10.2 Å². The van der Waals surface area contributed by atoms with Crippen LogP contribution in [0.5, 0.6) is 0 Å². The van der Waals surface area contributed by atoms with Crippen molar-refractivity contribution in [2.24, 2.45) is 5.92 Å². The van der Waals surface area contributed by atoms with E-state index in [9.17, 15) is 4.79 Å². The summed E-state index contributed by atoms with van der Waals surface area (Å²) < 4.78 is 0. The minimum Gasteiger partial charge on any atom is -0.334 e. The van der Waals surface area contributed by atoms with Crippen LogP contribution in [0.3, 0.4) is 0 Å². The summed E-state index contributed by atoms with van der Waals surface area (Å²) in [5, 5.41) is 3.33. The summed E-state index contributed by atoms with van der Waals surface area (Å²) in [6.07, 6.45) is 6.49. The quantitative estimate of drug-likeness (QED) is 0.625. The Labute approximate surface area is 85.2 Å². The molecule has 3 nitrogen and oxygen atoms in total. The number of amides is 1. The maximum absolute atomic E-state index is 12.0. The Hall–Kier alpha value is -0.830. The summed E-state index contributed by atoms with van der Waals surface area (Å²) in [5.74, 6) is 0.763. The van der Waals surface area contributed by atoms with E-state index in [1.165, 1.54) is 12.8 Å². The largest absolute Gasteiger partial charge is 0.334 e. The van der Waals surface area contributed by atoms with Crippen LogP contribution in [0.2, 0.25) is 0 Å². The predicted octanol–water partition coefficient (Wildman–Crippen LogP) is 0.773. The lowest BCUT2D eigenvalue weighted by atomic mass is 9.92. The first-order valence-corrected chi connectivity index (χ1v) is 5.46. The van der Waals surface area contributed by atoms with Gasteiger partial charge in [0.1, 0.15) is 0 Å². The van der Waals surface area contributed by atoms with Gasteiger partial charge >= 0.3 is 0 Å². The van der Waals surface area contributed by atoms with E-state index in [1.54, 1.807) is 0 Å². The summed E-state index contributed by atoms with van der Waals surface area (Å²) in [6.45, 7) is 4.74.